The van der Waals surface area contributed by atoms with E-state index in [0.717, 1.165) is 52.4 Å². The number of nitrogens with one attached hydrogen (secondary N) is 3. The lowest BCUT2D eigenvalue weighted by Crippen LogP contribution is -2.63. The van der Waals surface area contributed by atoms with Gasteiger partial charge in [-0.2, -0.15) is 0 Å². The number of hydrogen-bond donors (Lipinski definition) is 3. The number of hydrogen-bond acceptors (Lipinski definition) is 14. The number of rotatable bonds is 9. The van der Waals surface area contributed by atoms with E-state index in [2.05, 4.69) is 20.9 Å². The van der Waals surface area contributed by atoms with E-state index >= 15 is 0 Å². The van der Waals surface area contributed by atoms with Crippen LogP contribution in [0.2, 0.25) is 0 Å². The third-order valence-electron chi connectivity index (χ3n) is 5.80. The van der Waals surface area contributed by atoms with E-state index in [1.165, 1.54) is 27.7 Å². The number of carbonyl (C=O) groups is 4. The molecule has 2 saturated heterocycles. The van der Waals surface area contributed by atoms with Crippen molar-refractivity contribution >= 4 is 23.9 Å². The van der Waals surface area contributed by atoms with Crippen molar-refractivity contribution in [1.82, 2.24) is 20.9 Å². The van der Waals surface area contributed by atoms with Gasteiger partial charge in [0.15, 0.2) is 24.6 Å². The minimum Gasteiger partial charge on any atom is -0.463 e. The lowest BCUT2D eigenvalue weighted by atomic mass is 9.98. The van der Waals surface area contributed by atoms with Crippen LogP contribution in [0.5, 0.6) is 0 Å². The van der Waals surface area contributed by atoms with Gasteiger partial charge in [0.2, 0.25) is 0 Å². The molecule has 2 heterocycles. The molecule has 0 aromatic rings. The Bertz CT molecular complexity index is 758. The summed E-state index contributed by atoms with van der Waals surface area (Å²) in [6.07, 6.45) is -5.89. The van der Waals surface area contributed by atoms with Gasteiger partial charge in [-0.15, -0.1) is 0 Å². The van der Waals surface area contributed by atoms with Crippen molar-refractivity contribution in [3.05, 3.63) is 0 Å². The van der Waals surface area contributed by atoms with Crippen molar-refractivity contribution in [3.8, 4) is 0 Å². The zero-order valence-corrected chi connectivity index (χ0v) is 22.7. The molecule has 0 aromatic heterocycles. The predicted molar refractivity (Wildman–Crippen MR) is 133 cm³/mol. The highest BCUT2D eigenvalue weighted by atomic mass is 16.7. The van der Waals surface area contributed by atoms with Gasteiger partial charge in [-0.1, -0.05) is 0 Å². The molecule has 0 aromatic carbocycles. The van der Waals surface area contributed by atoms with E-state index in [1.807, 2.05) is 0 Å². The maximum Gasteiger partial charge on any atom is 0.303 e. The molecule has 0 bridgehead atoms. The molecule has 0 amide bonds. The van der Waals surface area contributed by atoms with E-state index in [4.69, 9.17) is 28.4 Å². The molecule has 2 aliphatic rings. The van der Waals surface area contributed by atoms with E-state index < -0.39 is 54.6 Å². The van der Waals surface area contributed by atoms with Crippen LogP contribution in [0.1, 0.15) is 27.7 Å². The van der Waals surface area contributed by atoms with Crippen molar-refractivity contribution in [2.24, 2.45) is 0 Å². The van der Waals surface area contributed by atoms with E-state index in [-0.39, 0.29) is 13.2 Å². The molecular formula is C24H42N4O10. The molecule has 14 nitrogen and oxygen atoms in total. The largest absolute Gasteiger partial charge is 0.463 e. The monoisotopic (exact) mass is 546 g/mol. The summed E-state index contributed by atoms with van der Waals surface area (Å²) in [7, 11) is 0. The number of nitrogens with zero attached hydrogens (tertiary/aromatic N) is 1. The van der Waals surface area contributed by atoms with Gasteiger partial charge < -0.3 is 44.4 Å². The molecule has 5 atom stereocenters. The van der Waals surface area contributed by atoms with Crippen molar-refractivity contribution in [1.29, 1.82) is 0 Å². The number of ether oxygens (including phenoxy) is 6. The second-order valence-electron chi connectivity index (χ2n) is 9.03. The molecule has 0 radical (unpaired) electrons. The van der Waals surface area contributed by atoms with Crippen LogP contribution in [0.25, 0.3) is 0 Å². The topological polar surface area (TPSA) is 163 Å². The van der Waals surface area contributed by atoms with Crippen molar-refractivity contribution in [2.45, 2.75) is 58.4 Å². The molecular weight excluding hydrogens is 504 g/mol. The first-order valence-electron chi connectivity index (χ1n) is 12.9. The van der Waals surface area contributed by atoms with Gasteiger partial charge >= 0.3 is 23.9 Å². The summed E-state index contributed by atoms with van der Waals surface area (Å²) >= 11 is 0. The Labute approximate surface area is 223 Å². The summed E-state index contributed by atoms with van der Waals surface area (Å²) in [6.45, 7) is 12.0. The first-order chi connectivity index (χ1) is 18.2. The van der Waals surface area contributed by atoms with Crippen LogP contribution in [0, 0.1) is 0 Å². The van der Waals surface area contributed by atoms with Gasteiger partial charge in [0.1, 0.15) is 12.7 Å². The molecule has 2 fully saturated rings. The van der Waals surface area contributed by atoms with Crippen LogP contribution in [0.15, 0.2) is 0 Å². The van der Waals surface area contributed by atoms with Crippen molar-refractivity contribution in [2.75, 3.05) is 72.1 Å². The normalized spacial score (nSPS) is 27.7. The summed E-state index contributed by atoms with van der Waals surface area (Å²) in [5.41, 5.74) is 0. The first-order valence-corrected chi connectivity index (χ1v) is 12.9. The molecule has 218 valence electrons. The molecule has 2 aliphatic heterocycles. The van der Waals surface area contributed by atoms with Gasteiger partial charge in [-0.3, -0.25) is 24.1 Å². The highest BCUT2D eigenvalue weighted by Crippen LogP contribution is 2.30. The Morgan fingerprint density at radius 2 is 1.21 bits per heavy atom. The van der Waals surface area contributed by atoms with Crippen LogP contribution in [0.3, 0.4) is 0 Å². The summed E-state index contributed by atoms with van der Waals surface area (Å²) in [5.74, 6) is -2.62. The Morgan fingerprint density at radius 3 is 1.74 bits per heavy atom. The Hall–Kier alpha value is -2.36. The minimum atomic E-state index is -1.25. The second kappa shape index (κ2) is 17.3. The van der Waals surface area contributed by atoms with Crippen LogP contribution >= 0.6 is 0 Å². The van der Waals surface area contributed by atoms with Crippen LogP contribution < -0.4 is 16.0 Å². The van der Waals surface area contributed by atoms with Gasteiger partial charge in [0.25, 0.3) is 0 Å². The van der Waals surface area contributed by atoms with Crippen LogP contribution in [0.4, 0.5) is 0 Å². The highest BCUT2D eigenvalue weighted by molar-refractivity contribution is 5.68. The van der Waals surface area contributed by atoms with Gasteiger partial charge in [0, 0.05) is 86.6 Å². The van der Waals surface area contributed by atoms with Crippen molar-refractivity contribution < 1.29 is 47.6 Å². The fourth-order valence-corrected chi connectivity index (χ4v) is 4.16. The first kappa shape index (κ1) is 31.9. The predicted octanol–water partition coefficient (Wildman–Crippen LogP) is -1.83. The standard InChI is InChI=1S/C24H42N4O10/c1-16(29)34-15-20-21(35-17(2)30)22(36-18(3)31)23(37-19(4)32)24(38-20)33-14-13-28-11-9-26-7-5-25-6-8-27-10-12-28/h20-27H,5-15H2,1-4H3. The van der Waals surface area contributed by atoms with E-state index in [9.17, 15) is 19.2 Å². The quantitative estimate of drug-likeness (QED) is 0.219. The third kappa shape index (κ3) is 12.0. The summed E-state index contributed by atoms with van der Waals surface area (Å²) in [6, 6.07) is 0. The zero-order chi connectivity index (χ0) is 27.9. The van der Waals surface area contributed by atoms with Crippen molar-refractivity contribution in [3.63, 3.8) is 0 Å². The summed E-state index contributed by atoms with van der Waals surface area (Å²) in [5, 5.41) is 10.1. The Morgan fingerprint density at radius 1 is 0.711 bits per heavy atom. The maximum atomic E-state index is 11.9. The zero-order valence-electron chi connectivity index (χ0n) is 22.7. The summed E-state index contributed by atoms with van der Waals surface area (Å²) in [4.78, 5) is 49.4. The van der Waals surface area contributed by atoms with E-state index in [0.29, 0.717) is 6.54 Å². The number of esters is 4. The molecule has 0 saturated carbocycles. The summed E-state index contributed by atoms with van der Waals surface area (Å²) < 4.78 is 33.3. The Balaban J connectivity index is 2.15. The lowest BCUT2D eigenvalue weighted by Gasteiger charge is -2.44. The average Bonchev–Trinajstić information content (AvgIpc) is 2.82. The fraction of sp³-hybridized carbons (Fsp3) is 0.833. The van der Waals surface area contributed by atoms with Gasteiger partial charge in [-0.05, 0) is 0 Å². The minimum absolute atomic E-state index is 0.204. The average molecular weight is 547 g/mol. The molecule has 3 N–H and O–H groups in total. The molecule has 14 heteroatoms. The molecule has 5 unspecified atom stereocenters. The third-order valence-corrected chi connectivity index (χ3v) is 5.80. The van der Waals surface area contributed by atoms with Crippen LogP contribution in [-0.4, -0.2) is 132 Å². The molecule has 0 spiro atoms. The number of carbonyl (C=O) groups excluding carboxylic acids is 4. The van der Waals surface area contributed by atoms with E-state index in [1.54, 1.807) is 0 Å². The van der Waals surface area contributed by atoms with Gasteiger partial charge in [-0.25, -0.2) is 0 Å². The molecule has 2 rings (SSSR count). The molecule has 38 heavy (non-hydrogen) atoms. The highest BCUT2D eigenvalue weighted by Gasteiger charge is 2.52. The fourth-order valence-electron chi connectivity index (χ4n) is 4.16. The van der Waals surface area contributed by atoms with Crippen LogP contribution in [-0.2, 0) is 47.6 Å². The lowest BCUT2D eigenvalue weighted by molar-refractivity contribution is -0.308. The second-order valence-corrected chi connectivity index (χ2v) is 9.03. The molecule has 0 aliphatic carbocycles. The smallest absolute Gasteiger partial charge is 0.303 e. The Kier molecular flexibility index (Phi) is 14.5. The van der Waals surface area contributed by atoms with Gasteiger partial charge in [0.05, 0.1) is 6.61 Å². The maximum absolute atomic E-state index is 11.9. The SMILES string of the molecule is CC(=O)OCC1OC(OCCN2CCNCCNCCNCC2)C(OC(C)=O)C(OC(C)=O)C1OC(C)=O.